The number of hydrogen-bond donors (Lipinski definition) is 1. The topological polar surface area (TPSA) is 89.8 Å². The Morgan fingerprint density at radius 2 is 1.83 bits per heavy atom. The highest BCUT2D eigenvalue weighted by Gasteiger charge is 2.30. The lowest BCUT2D eigenvalue weighted by molar-refractivity contribution is -0.153. The van der Waals surface area contributed by atoms with Crippen molar-refractivity contribution in [1.29, 1.82) is 0 Å². The molecule has 0 saturated carbocycles. The Morgan fingerprint density at radius 1 is 1.09 bits per heavy atom. The van der Waals surface area contributed by atoms with Crippen LogP contribution in [0.15, 0.2) is 83.0 Å². The maximum absolute atomic E-state index is 13.1. The van der Waals surface area contributed by atoms with E-state index in [1.807, 2.05) is 0 Å². The number of benzene rings is 2. The molecule has 2 heterocycles. The van der Waals surface area contributed by atoms with Gasteiger partial charge in [0.05, 0.1) is 10.5 Å². The van der Waals surface area contributed by atoms with Crippen LogP contribution in [0.4, 0.5) is 13.2 Å². The Hall–Kier alpha value is -3.57. The number of pyridine rings is 1. The number of halogens is 4. The van der Waals surface area contributed by atoms with Crippen LogP contribution >= 0.6 is 11.6 Å². The number of sulfone groups is 1. The summed E-state index contributed by atoms with van der Waals surface area (Å²) in [5.74, 6) is -0.791. The number of nitrogens with zero attached hydrogens (tertiary/aromatic N) is 2. The first-order chi connectivity index (χ1) is 16.5. The van der Waals surface area contributed by atoms with E-state index < -0.39 is 33.3 Å². The Morgan fingerprint density at radius 3 is 2.54 bits per heavy atom. The molecule has 0 aliphatic heterocycles. The van der Waals surface area contributed by atoms with Crippen molar-refractivity contribution in [3.63, 3.8) is 0 Å². The lowest BCUT2D eigenvalue weighted by Gasteiger charge is -2.14. The molecule has 0 saturated heterocycles. The molecule has 4 aromatic rings. The molecule has 2 aromatic carbocycles. The SMILES string of the molecule is O=C(NCc1ccc(S(=O)(=O)c2cc(Cl)ccc2OCC(F)(F)F)cc1)c1ccc2nccn2c1. The minimum absolute atomic E-state index is 0.0242. The molecule has 0 aliphatic carbocycles. The van der Waals surface area contributed by atoms with Crippen LogP contribution in [-0.4, -0.2) is 36.5 Å². The molecule has 2 aromatic heterocycles. The van der Waals surface area contributed by atoms with E-state index >= 15 is 0 Å². The minimum Gasteiger partial charge on any atom is -0.483 e. The normalized spacial score (nSPS) is 12.0. The highest BCUT2D eigenvalue weighted by atomic mass is 35.5. The molecule has 12 heteroatoms. The average Bonchev–Trinajstić information content (AvgIpc) is 3.29. The van der Waals surface area contributed by atoms with Gasteiger partial charge in [-0.25, -0.2) is 13.4 Å². The van der Waals surface area contributed by atoms with Crippen LogP contribution < -0.4 is 10.1 Å². The number of aromatic nitrogens is 2. The van der Waals surface area contributed by atoms with E-state index in [4.69, 9.17) is 16.3 Å². The van der Waals surface area contributed by atoms with E-state index in [1.54, 1.807) is 35.1 Å². The monoisotopic (exact) mass is 523 g/mol. The van der Waals surface area contributed by atoms with Gasteiger partial charge in [0.2, 0.25) is 9.84 Å². The fraction of sp³-hybridized carbons (Fsp3) is 0.130. The second kappa shape index (κ2) is 9.59. The van der Waals surface area contributed by atoms with Crippen molar-refractivity contribution in [2.24, 2.45) is 0 Å². The minimum atomic E-state index is -4.64. The van der Waals surface area contributed by atoms with E-state index in [9.17, 15) is 26.4 Å². The second-order valence-electron chi connectivity index (χ2n) is 7.44. The molecule has 0 radical (unpaired) electrons. The smallest absolute Gasteiger partial charge is 0.422 e. The van der Waals surface area contributed by atoms with Crippen LogP contribution in [0.25, 0.3) is 5.65 Å². The first-order valence-electron chi connectivity index (χ1n) is 10.1. The Kier molecular flexibility index (Phi) is 6.73. The van der Waals surface area contributed by atoms with Gasteiger partial charge >= 0.3 is 6.18 Å². The maximum Gasteiger partial charge on any atom is 0.422 e. The van der Waals surface area contributed by atoms with Crippen molar-refractivity contribution in [2.75, 3.05) is 6.61 Å². The fourth-order valence-electron chi connectivity index (χ4n) is 3.22. The summed E-state index contributed by atoms with van der Waals surface area (Å²) in [4.78, 5) is 15.9. The van der Waals surface area contributed by atoms with Gasteiger partial charge in [-0.3, -0.25) is 4.79 Å². The molecule has 0 aliphatic rings. The lowest BCUT2D eigenvalue weighted by Crippen LogP contribution is -2.23. The van der Waals surface area contributed by atoms with Crippen molar-refractivity contribution in [3.05, 3.63) is 89.3 Å². The molecule has 0 bridgehead atoms. The number of fused-ring (bicyclic) bond motifs is 1. The summed E-state index contributed by atoms with van der Waals surface area (Å²) >= 11 is 5.89. The number of imidazole rings is 1. The van der Waals surface area contributed by atoms with E-state index in [1.165, 1.54) is 30.3 Å². The summed E-state index contributed by atoms with van der Waals surface area (Å²) in [5, 5.41) is 2.77. The van der Waals surface area contributed by atoms with Crippen LogP contribution in [0, 0.1) is 0 Å². The van der Waals surface area contributed by atoms with E-state index in [2.05, 4.69) is 10.3 Å². The highest BCUT2D eigenvalue weighted by Crippen LogP contribution is 2.33. The number of rotatable bonds is 7. The highest BCUT2D eigenvalue weighted by molar-refractivity contribution is 7.91. The lowest BCUT2D eigenvalue weighted by atomic mass is 10.2. The van der Waals surface area contributed by atoms with Gasteiger partial charge in [0.15, 0.2) is 6.61 Å². The van der Waals surface area contributed by atoms with Gasteiger partial charge in [0, 0.05) is 30.2 Å². The molecule has 0 atom stereocenters. The Labute approximate surface area is 203 Å². The first-order valence-corrected chi connectivity index (χ1v) is 11.9. The molecule has 35 heavy (non-hydrogen) atoms. The van der Waals surface area contributed by atoms with Crippen molar-refractivity contribution < 1.29 is 31.1 Å². The molecule has 0 fully saturated rings. The van der Waals surface area contributed by atoms with E-state index in [0.29, 0.717) is 16.8 Å². The Bertz CT molecular complexity index is 1490. The molecule has 182 valence electrons. The molecular formula is C23H17ClF3N3O4S. The summed E-state index contributed by atoms with van der Waals surface area (Å²) in [6.45, 7) is -1.53. The number of carbonyl (C=O) groups excluding carboxylic acids is 1. The number of alkyl halides is 3. The van der Waals surface area contributed by atoms with Gasteiger partial charge in [0.25, 0.3) is 5.91 Å². The van der Waals surface area contributed by atoms with Crippen LogP contribution in [0.2, 0.25) is 5.02 Å². The molecule has 1 amide bonds. The number of hydrogen-bond acceptors (Lipinski definition) is 5. The largest absolute Gasteiger partial charge is 0.483 e. The number of ether oxygens (including phenoxy) is 1. The van der Waals surface area contributed by atoms with Crippen molar-refractivity contribution in [1.82, 2.24) is 14.7 Å². The summed E-state index contributed by atoms with van der Waals surface area (Å²) in [6.07, 6.45) is 0.320. The zero-order chi connectivity index (χ0) is 25.2. The maximum atomic E-state index is 13.1. The van der Waals surface area contributed by atoms with Gasteiger partial charge in [-0.1, -0.05) is 23.7 Å². The van der Waals surface area contributed by atoms with E-state index in [-0.39, 0.29) is 22.4 Å². The summed E-state index contributed by atoms with van der Waals surface area (Å²) in [6, 6.07) is 12.3. The third kappa shape index (κ3) is 5.75. The van der Waals surface area contributed by atoms with Crippen LogP contribution in [0.3, 0.4) is 0 Å². The van der Waals surface area contributed by atoms with Gasteiger partial charge in [-0.2, -0.15) is 13.2 Å². The predicted molar refractivity (Wildman–Crippen MR) is 121 cm³/mol. The molecular weight excluding hydrogens is 507 g/mol. The summed E-state index contributed by atoms with van der Waals surface area (Å²) < 4.78 is 70.3. The number of carbonyl (C=O) groups is 1. The van der Waals surface area contributed by atoms with E-state index in [0.717, 1.165) is 12.1 Å². The Balaban J connectivity index is 1.49. The zero-order valence-electron chi connectivity index (χ0n) is 17.8. The van der Waals surface area contributed by atoms with Crippen molar-refractivity contribution in [2.45, 2.75) is 22.5 Å². The molecule has 7 nitrogen and oxygen atoms in total. The number of amides is 1. The summed E-state index contributed by atoms with van der Waals surface area (Å²) in [7, 11) is -4.24. The van der Waals surface area contributed by atoms with Gasteiger partial charge in [-0.15, -0.1) is 0 Å². The van der Waals surface area contributed by atoms with Gasteiger partial charge in [-0.05, 0) is 48.0 Å². The van der Waals surface area contributed by atoms with Crippen LogP contribution in [0.1, 0.15) is 15.9 Å². The third-order valence-electron chi connectivity index (χ3n) is 4.92. The summed E-state index contributed by atoms with van der Waals surface area (Å²) in [5.41, 5.74) is 1.73. The third-order valence-corrected chi connectivity index (χ3v) is 6.95. The van der Waals surface area contributed by atoms with Crippen LogP contribution in [0.5, 0.6) is 5.75 Å². The van der Waals surface area contributed by atoms with Crippen LogP contribution in [-0.2, 0) is 16.4 Å². The fourth-order valence-corrected chi connectivity index (χ4v) is 4.88. The van der Waals surface area contributed by atoms with Gasteiger partial charge < -0.3 is 14.5 Å². The zero-order valence-corrected chi connectivity index (χ0v) is 19.4. The van der Waals surface area contributed by atoms with Crippen molar-refractivity contribution >= 4 is 33.0 Å². The number of nitrogens with one attached hydrogen (secondary N) is 1. The predicted octanol–water partition coefficient (Wildman–Crippen LogP) is 4.69. The molecule has 0 unspecified atom stereocenters. The first kappa shape index (κ1) is 24.6. The van der Waals surface area contributed by atoms with Crippen molar-refractivity contribution in [3.8, 4) is 5.75 Å². The second-order valence-corrected chi connectivity index (χ2v) is 9.79. The standard InChI is InChI=1S/C23H17ClF3N3O4S/c24-17-4-7-19(34-14-23(25,26)27)20(11-17)35(32,33)18-5-1-15(2-6-18)12-29-22(31)16-3-8-21-28-9-10-30(21)13-16/h1-11,13H,12,14H2,(H,29,31). The quantitative estimate of drug-likeness (QED) is 0.379. The molecule has 0 spiro atoms. The van der Waals surface area contributed by atoms with Gasteiger partial charge in [0.1, 0.15) is 16.3 Å². The molecule has 1 N–H and O–H groups in total. The average molecular weight is 524 g/mol. The molecule has 4 rings (SSSR count).